The van der Waals surface area contributed by atoms with E-state index in [1.54, 1.807) is 11.3 Å². The highest BCUT2D eigenvalue weighted by Crippen LogP contribution is 2.45. The lowest BCUT2D eigenvalue weighted by Crippen LogP contribution is -2.06. The molecule has 348 valence electrons. The van der Waals surface area contributed by atoms with Gasteiger partial charge in [-0.25, -0.2) is 9.97 Å². The number of nitrogens with zero attached hydrogens (tertiary/aromatic N) is 5. The molecular formula is C68H45N5S. The van der Waals surface area contributed by atoms with E-state index < -0.39 is 0 Å². The molecule has 0 N–H and O–H groups in total. The topological polar surface area (TPSA) is 40.6 Å². The number of aromatic nitrogens is 5. The van der Waals surface area contributed by atoms with E-state index in [-0.39, 0.29) is 0 Å². The second kappa shape index (κ2) is 17.2. The molecule has 0 amide bonds. The summed E-state index contributed by atoms with van der Waals surface area (Å²) < 4.78 is 7.06. The maximum Gasteiger partial charge on any atom is 0.235 e. The number of hydrogen-bond donors (Lipinski definition) is 0. The minimum absolute atomic E-state index is 0.686. The number of fused-ring (bicyclic) bond motifs is 15. The van der Waals surface area contributed by atoms with Gasteiger partial charge in [-0.3, -0.25) is 4.57 Å². The standard InChI is InChI=1S/C36H25N3.C32H20N2S/c1-3-12-25(13-4-1)30-23-31(26-14-5-2-6-15-26)38-36(37-30)39-32-18-10-9-17-29(32)35-33(39)22-21-27-20-19-24-11-7-8-16-28(24)34(27)35;1-2-11-24-21(8-1)16-17-30-32(24)27-19-35-20-31(27)34(30)23-10-7-9-22(18-23)33-28-14-5-3-12-25(28)26-13-4-6-15-29(26)33/h1-18,21-23H,19-20H2;1-20H. The lowest BCUT2D eigenvalue weighted by Gasteiger charge is -2.21. The predicted octanol–water partition coefficient (Wildman–Crippen LogP) is 17.8. The molecule has 5 nitrogen and oxygen atoms in total. The third kappa shape index (κ3) is 6.69. The van der Waals surface area contributed by atoms with E-state index in [0.29, 0.717) is 5.95 Å². The minimum Gasteiger partial charge on any atom is -0.309 e. The summed E-state index contributed by atoms with van der Waals surface area (Å²) in [6.45, 7) is 0. The van der Waals surface area contributed by atoms with Gasteiger partial charge in [-0.05, 0) is 100 Å². The molecule has 5 heterocycles. The minimum atomic E-state index is 0.686. The molecule has 16 rings (SSSR count). The third-order valence-electron chi connectivity index (χ3n) is 15.2. The van der Waals surface area contributed by atoms with E-state index in [9.17, 15) is 0 Å². The lowest BCUT2D eigenvalue weighted by molar-refractivity contribution is 0.943. The Morgan fingerprint density at radius 3 is 1.58 bits per heavy atom. The van der Waals surface area contributed by atoms with Crippen LogP contribution in [0.5, 0.6) is 0 Å². The maximum atomic E-state index is 5.18. The molecule has 0 saturated carbocycles. The first kappa shape index (κ1) is 42.3. The van der Waals surface area contributed by atoms with Crippen LogP contribution in [0.1, 0.15) is 11.1 Å². The number of hydrogen-bond acceptors (Lipinski definition) is 3. The molecule has 0 radical (unpaired) electrons. The summed E-state index contributed by atoms with van der Waals surface area (Å²) >= 11 is 1.77. The normalized spacial score (nSPS) is 12.2. The van der Waals surface area contributed by atoms with Gasteiger partial charge < -0.3 is 9.13 Å². The fourth-order valence-corrected chi connectivity index (χ4v) is 12.7. The lowest BCUT2D eigenvalue weighted by atomic mass is 9.83. The molecule has 0 aliphatic heterocycles. The molecule has 6 heteroatoms. The van der Waals surface area contributed by atoms with Gasteiger partial charge in [0.15, 0.2) is 0 Å². The van der Waals surface area contributed by atoms with Crippen LogP contribution in [0.4, 0.5) is 0 Å². The molecule has 0 saturated heterocycles. The summed E-state index contributed by atoms with van der Waals surface area (Å²) in [6, 6.07) is 84.5. The second-order valence-corrected chi connectivity index (χ2v) is 20.0. The average molecular weight is 964 g/mol. The van der Waals surface area contributed by atoms with E-state index in [0.717, 1.165) is 46.4 Å². The van der Waals surface area contributed by atoms with E-state index >= 15 is 0 Å². The van der Waals surface area contributed by atoms with E-state index in [1.807, 2.05) is 12.1 Å². The van der Waals surface area contributed by atoms with Crippen LogP contribution in [0.25, 0.3) is 127 Å². The van der Waals surface area contributed by atoms with Crippen LogP contribution in [0.2, 0.25) is 0 Å². The number of rotatable bonds is 5. The first-order valence-corrected chi connectivity index (χ1v) is 26.3. The molecule has 5 aromatic heterocycles. The summed E-state index contributed by atoms with van der Waals surface area (Å²) in [4.78, 5) is 10.4. The van der Waals surface area contributed by atoms with Crippen molar-refractivity contribution in [2.24, 2.45) is 0 Å². The van der Waals surface area contributed by atoms with Gasteiger partial charge >= 0.3 is 0 Å². The Kier molecular flexibility index (Phi) is 9.82. The number of para-hydroxylation sites is 3. The van der Waals surface area contributed by atoms with Gasteiger partial charge in [-0.15, -0.1) is 11.3 Å². The van der Waals surface area contributed by atoms with Crippen LogP contribution in [0.3, 0.4) is 0 Å². The molecule has 0 unspecified atom stereocenters. The Morgan fingerprint density at radius 2 is 0.878 bits per heavy atom. The fourth-order valence-electron chi connectivity index (χ4n) is 11.9. The monoisotopic (exact) mass is 963 g/mol. The largest absolute Gasteiger partial charge is 0.309 e. The zero-order valence-electron chi connectivity index (χ0n) is 40.2. The van der Waals surface area contributed by atoms with Crippen LogP contribution in [-0.4, -0.2) is 23.7 Å². The second-order valence-electron chi connectivity index (χ2n) is 19.3. The smallest absolute Gasteiger partial charge is 0.235 e. The predicted molar refractivity (Wildman–Crippen MR) is 311 cm³/mol. The van der Waals surface area contributed by atoms with Crippen molar-refractivity contribution in [1.29, 1.82) is 0 Å². The van der Waals surface area contributed by atoms with Gasteiger partial charge in [0.1, 0.15) is 0 Å². The summed E-state index contributed by atoms with van der Waals surface area (Å²) in [5.74, 6) is 0.686. The van der Waals surface area contributed by atoms with E-state index in [4.69, 9.17) is 9.97 Å². The summed E-state index contributed by atoms with van der Waals surface area (Å²) in [7, 11) is 0. The zero-order valence-corrected chi connectivity index (χ0v) is 41.0. The van der Waals surface area contributed by atoms with Gasteiger partial charge in [-0.1, -0.05) is 182 Å². The quantitative estimate of drug-likeness (QED) is 0.172. The van der Waals surface area contributed by atoms with Gasteiger partial charge in [0.25, 0.3) is 0 Å². The van der Waals surface area contributed by atoms with Crippen molar-refractivity contribution in [3.05, 3.63) is 258 Å². The van der Waals surface area contributed by atoms with Gasteiger partial charge in [0, 0.05) is 65.6 Å². The SMILES string of the molecule is c1cc(-n2c3ccccc3c3ccccc32)cc(-n2c3cscc3c3c4ccccc4ccc32)c1.c1ccc(-c2cc(-c3ccccc3)nc(-n3c4ccccc4c4c5c(ccc43)CCc3ccccc3-5)n2)cc1. The highest BCUT2D eigenvalue weighted by molar-refractivity contribution is 7.09. The van der Waals surface area contributed by atoms with Gasteiger partial charge in [0.05, 0.1) is 44.5 Å². The number of benzene rings is 10. The Balaban J connectivity index is 0.000000132. The molecule has 0 spiro atoms. The van der Waals surface area contributed by atoms with Crippen LogP contribution in [0.15, 0.2) is 247 Å². The van der Waals surface area contributed by atoms with Gasteiger partial charge in [-0.2, -0.15) is 0 Å². The van der Waals surface area contributed by atoms with Crippen LogP contribution in [-0.2, 0) is 12.8 Å². The zero-order chi connectivity index (χ0) is 48.7. The molecule has 1 aliphatic rings. The van der Waals surface area contributed by atoms with E-state index in [2.05, 4.69) is 249 Å². The first-order chi connectivity index (χ1) is 36.7. The van der Waals surface area contributed by atoms with E-state index in [1.165, 1.54) is 98.8 Å². The van der Waals surface area contributed by atoms with Crippen molar-refractivity contribution in [3.63, 3.8) is 0 Å². The Hall–Kier alpha value is -9.36. The Bertz CT molecular complexity index is 4560. The molecule has 10 aromatic carbocycles. The van der Waals surface area contributed by atoms with Gasteiger partial charge in [0.2, 0.25) is 5.95 Å². The highest BCUT2D eigenvalue weighted by Gasteiger charge is 2.25. The number of thiophene rings is 1. The molecule has 0 fully saturated rings. The van der Waals surface area contributed by atoms with Crippen molar-refractivity contribution in [2.45, 2.75) is 12.8 Å². The maximum absolute atomic E-state index is 5.18. The highest BCUT2D eigenvalue weighted by atomic mass is 32.1. The van der Waals surface area contributed by atoms with Crippen molar-refractivity contribution in [1.82, 2.24) is 23.7 Å². The molecule has 15 aromatic rings. The summed E-state index contributed by atoms with van der Waals surface area (Å²) in [5, 5.41) is 14.9. The molecule has 0 atom stereocenters. The third-order valence-corrected chi connectivity index (χ3v) is 15.9. The molecule has 1 aliphatic carbocycles. The van der Waals surface area contributed by atoms with Crippen LogP contribution in [0, 0.1) is 0 Å². The molecular weight excluding hydrogens is 919 g/mol. The Labute approximate surface area is 431 Å². The average Bonchev–Trinajstić information content (AvgIpc) is 4.25. The number of aryl methyl sites for hydroxylation is 2. The molecule has 74 heavy (non-hydrogen) atoms. The first-order valence-electron chi connectivity index (χ1n) is 25.3. The van der Waals surface area contributed by atoms with Crippen molar-refractivity contribution < 1.29 is 0 Å². The van der Waals surface area contributed by atoms with Crippen LogP contribution >= 0.6 is 11.3 Å². The Morgan fingerprint density at radius 1 is 0.338 bits per heavy atom. The van der Waals surface area contributed by atoms with Crippen molar-refractivity contribution >= 4 is 87.5 Å². The van der Waals surface area contributed by atoms with Crippen LogP contribution < -0.4 is 0 Å². The fraction of sp³-hybridized carbons (Fsp3) is 0.0294. The van der Waals surface area contributed by atoms with Crippen molar-refractivity contribution in [3.8, 4) is 51.0 Å². The molecule has 0 bridgehead atoms. The van der Waals surface area contributed by atoms with Crippen molar-refractivity contribution in [2.75, 3.05) is 0 Å². The summed E-state index contributed by atoms with van der Waals surface area (Å²) in [6.07, 6.45) is 2.13. The summed E-state index contributed by atoms with van der Waals surface area (Å²) in [5.41, 5.74) is 19.1.